The summed E-state index contributed by atoms with van der Waals surface area (Å²) in [7, 11) is 1.89. The molecule has 1 unspecified atom stereocenters. The molecule has 0 aromatic heterocycles. The zero-order valence-electron chi connectivity index (χ0n) is 12.3. The van der Waals surface area contributed by atoms with Crippen LogP contribution < -0.4 is 5.32 Å². The largest absolute Gasteiger partial charge is 0.393 e. The number of rotatable bonds is 6. The maximum absolute atomic E-state index is 11.9. The van der Waals surface area contributed by atoms with E-state index in [0.29, 0.717) is 5.92 Å². The summed E-state index contributed by atoms with van der Waals surface area (Å²) >= 11 is 0. The van der Waals surface area contributed by atoms with Crippen LogP contribution in [0, 0.1) is 23.2 Å². The van der Waals surface area contributed by atoms with Crippen LogP contribution in [0.2, 0.25) is 0 Å². The Labute approximate surface area is 115 Å². The predicted molar refractivity (Wildman–Crippen MR) is 73.2 cm³/mol. The van der Waals surface area contributed by atoms with Gasteiger partial charge in [0.15, 0.2) is 0 Å². The Bertz CT molecular complexity index is 358. The molecule has 19 heavy (non-hydrogen) atoms. The third kappa shape index (κ3) is 4.48. The lowest BCUT2D eigenvalue weighted by Gasteiger charge is -2.34. The van der Waals surface area contributed by atoms with Crippen molar-refractivity contribution in [1.29, 1.82) is 5.26 Å². The number of nitrogens with one attached hydrogen (secondary N) is 1. The van der Waals surface area contributed by atoms with E-state index in [4.69, 9.17) is 5.26 Å². The standard InChI is InChI=1S/C14H25N3O2/c1-10(2)14(3,9-15)16-13(19)8-17(4)7-11-5-12(18)6-11/h10-12,18H,5-8H2,1-4H3,(H,16,19). The van der Waals surface area contributed by atoms with Gasteiger partial charge >= 0.3 is 0 Å². The number of hydrogen-bond acceptors (Lipinski definition) is 4. The Hall–Kier alpha value is -1.12. The summed E-state index contributed by atoms with van der Waals surface area (Å²) in [4.78, 5) is 13.9. The quantitative estimate of drug-likeness (QED) is 0.744. The van der Waals surface area contributed by atoms with Crippen LogP contribution in [0.4, 0.5) is 0 Å². The molecule has 1 aliphatic rings. The van der Waals surface area contributed by atoms with Gasteiger partial charge in [-0.05, 0) is 38.6 Å². The second-order valence-corrected chi connectivity index (χ2v) is 6.21. The molecule has 1 amide bonds. The van der Waals surface area contributed by atoms with E-state index >= 15 is 0 Å². The predicted octanol–water partition coefficient (Wildman–Crippen LogP) is 0.744. The summed E-state index contributed by atoms with van der Waals surface area (Å²) in [6, 6.07) is 2.17. The summed E-state index contributed by atoms with van der Waals surface area (Å²) in [5, 5.41) is 21.2. The van der Waals surface area contributed by atoms with E-state index in [9.17, 15) is 9.90 Å². The lowest BCUT2D eigenvalue weighted by atomic mass is 9.82. The van der Waals surface area contributed by atoms with Crippen LogP contribution in [-0.4, -0.2) is 47.7 Å². The van der Waals surface area contributed by atoms with Crippen LogP contribution in [0.25, 0.3) is 0 Å². The third-order valence-electron chi connectivity index (χ3n) is 3.98. The normalized spacial score (nSPS) is 25.6. The van der Waals surface area contributed by atoms with Crippen molar-refractivity contribution in [2.45, 2.75) is 45.3 Å². The van der Waals surface area contributed by atoms with Gasteiger partial charge in [0.05, 0.1) is 18.7 Å². The highest BCUT2D eigenvalue weighted by atomic mass is 16.3. The molecule has 1 rings (SSSR count). The first kappa shape index (κ1) is 15.9. The minimum atomic E-state index is -0.815. The molecule has 1 atom stereocenters. The van der Waals surface area contributed by atoms with Crippen molar-refractivity contribution in [2.24, 2.45) is 11.8 Å². The number of nitrogens with zero attached hydrogens (tertiary/aromatic N) is 2. The molecule has 0 heterocycles. The van der Waals surface area contributed by atoms with Gasteiger partial charge in [0, 0.05) is 6.54 Å². The van der Waals surface area contributed by atoms with Crippen molar-refractivity contribution >= 4 is 5.91 Å². The van der Waals surface area contributed by atoms with Gasteiger partial charge in [0.1, 0.15) is 5.54 Å². The van der Waals surface area contributed by atoms with Gasteiger partial charge in [0.25, 0.3) is 0 Å². The van der Waals surface area contributed by atoms with Crippen LogP contribution in [0.1, 0.15) is 33.6 Å². The first-order valence-electron chi connectivity index (χ1n) is 6.85. The SMILES string of the molecule is CC(C)C(C)(C#N)NC(=O)CN(C)CC1CC(O)C1. The molecule has 0 saturated heterocycles. The zero-order valence-corrected chi connectivity index (χ0v) is 12.3. The summed E-state index contributed by atoms with van der Waals surface area (Å²) in [5.41, 5.74) is -0.815. The van der Waals surface area contributed by atoms with Crippen LogP contribution in [0.5, 0.6) is 0 Å². The molecule has 0 bridgehead atoms. The molecule has 5 nitrogen and oxygen atoms in total. The van der Waals surface area contributed by atoms with Crippen LogP contribution in [0.3, 0.4) is 0 Å². The summed E-state index contributed by atoms with van der Waals surface area (Å²) in [6.45, 7) is 6.69. The minimum absolute atomic E-state index is 0.0635. The first-order valence-corrected chi connectivity index (χ1v) is 6.85. The average molecular weight is 267 g/mol. The molecule has 0 radical (unpaired) electrons. The highest BCUT2D eigenvalue weighted by Gasteiger charge is 2.31. The molecule has 108 valence electrons. The molecular weight excluding hydrogens is 242 g/mol. The van der Waals surface area contributed by atoms with Crippen molar-refractivity contribution < 1.29 is 9.90 Å². The summed E-state index contributed by atoms with van der Waals surface area (Å²) < 4.78 is 0. The Balaban J connectivity index is 2.36. The van der Waals surface area contributed by atoms with Gasteiger partial charge in [-0.1, -0.05) is 13.8 Å². The van der Waals surface area contributed by atoms with E-state index in [1.54, 1.807) is 6.92 Å². The first-order chi connectivity index (χ1) is 8.76. The number of likely N-dealkylation sites (N-methyl/N-ethyl adjacent to an activating group) is 1. The number of amides is 1. The highest BCUT2D eigenvalue weighted by molar-refractivity contribution is 5.79. The van der Waals surface area contributed by atoms with Crippen LogP contribution in [-0.2, 0) is 4.79 Å². The Morgan fingerprint density at radius 3 is 2.58 bits per heavy atom. The van der Waals surface area contributed by atoms with Crippen molar-refractivity contribution in [2.75, 3.05) is 20.1 Å². The molecule has 5 heteroatoms. The van der Waals surface area contributed by atoms with E-state index in [-0.39, 0.29) is 24.5 Å². The summed E-state index contributed by atoms with van der Waals surface area (Å²) in [6.07, 6.45) is 1.50. The fourth-order valence-corrected chi connectivity index (χ4v) is 2.23. The smallest absolute Gasteiger partial charge is 0.235 e. The number of carbonyl (C=O) groups excluding carboxylic acids is 1. The second-order valence-electron chi connectivity index (χ2n) is 6.21. The van der Waals surface area contributed by atoms with E-state index in [1.807, 2.05) is 25.8 Å². The molecule has 0 aromatic rings. The minimum Gasteiger partial charge on any atom is -0.393 e. The van der Waals surface area contributed by atoms with Gasteiger partial charge in [0.2, 0.25) is 5.91 Å². The van der Waals surface area contributed by atoms with Crippen LogP contribution >= 0.6 is 0 Å². The monoisotopic (exact) mass is 267 g/mol. The maximum atomic E-state index is 11.9. The molecular formula is C14H25N3O2. The molecule has 0 spiro atoms. The Morgan fingerprint density at radius 2 is 2.16 bits per heavy atom. The number of aliphatic hydroxyl groups excluding tert-OH is 1. The highest BCUT2D eigenvalue weighted by Crippen LogP contribution is 2.27. The number of carbonyl (C=O) groups is 1. The number of hydrogen-bond donors (Lipinski definition) is 2. The van der Waals surface area contributed by atoms with Gasteiger partial charge in [-0.15, -0.1) is 0 Å². The second kappa shape index (κ2) is 6.36. The van der Waals surface area contributed by atoms with Crippen molar-refractivity contribution in [3.63, 3.8) is 0 Å². The van der Waals surface area contributed by atoms with E-state index in [2.05, 4.69) is 11.4 Å². The fourth-order valence-electron chi connectivity index (χ4n) is 2.23. The van der Waals surface area contributed by atoms with Gasteiger partial charge in [-0.3, -0.25) is 9.69 Å². The Morgan fingerprint density at radius 1 is 1.58 bits per heavy atom. The summed E-state index contributed by atoms with van der Waals surface area (Å²) in [5.74, 6) is 0.425. The molecule has 1 aliphatic carbocycles. The third-order valence-corrected chi connectivity index (χ3v) is 3.98. The molecule has 1 fully saturated rings. The lowest BCUT2D eigenvalue weighted by Crippen LogP contribution is -2.52. The Kier molecular flexibility index (Phi) is 5.33. The van der Waals surface area contributed by atoms with E-state index < -0.39 is 5.54 Å². The number of nitriles is 1. The van der Waals surface area contributed by atoms with E-state index in [1.165, 1.54) is 0 Å². The van der Waals surface area contributed by atoms with Crippen LogP contribution in [0.15, 0.2) is 0 Å². The maximum Gasteiger partial charge on any atom is 0.235 e. The van der Waals surface area contributed by atoms with Crippen molar-refractivity contribution in [3.8, 4) is 6.07 Å². The molecule has 1 saturated carbocycles. The topological polar surface area (TPSA) is 76.4 Å². The number of aliphatic hydroxyl groups is 1. The fraction of sp³-hybridized carbons (Fsp3) is 0.857. The average Bonchev–Trinajstić information content (AvgIpc) is 2.26. The van der Waals surface area contributed by atoms with Crippen molar-refractivity contribution in [1.82, 2.24) is 10.2 Å². The van der Waals surface area contributed by atoms with Gasteiger partial charge in [-0.2, -0.15) is 5.26 Å². The van der Waals surface area contributed by atoms with Gasteiger partial charge in [-0.25, -0.2) is 0 Å². The molecule has 0 aromatic carbocycles. The lowest BCUT2D eigenvalue weighted by molar-refractivity contribution is -0.123. The van der Waals surface area contributed by atoms with Crippen molar-refractivity contribution in [3.05, 3.63) is 0 Å². The molecule has 0 aliphatic heterocycles. The van der Waals surface area contributed by atoms with E-state index in [0.717, 1.165) is 19.4 Å². The molecule has 2 N–H and O–H groups in total. The zero-order chi connectivity index (χ0) is 14.6. The van der Waals surface area contributed by atoms with Gasteiger partial charge < -0.3 is 10.4 Å².